The van der Waals surface area contributed by atoms with Gasteiger partial charge in [-0.15, -0.1) is 0 Å². The van der Waals surface area contributed by atoms with Gasteiger partial charge in [-0.3, -0.25) is 14.6 Å². The van der Waals surface area contributed by atoms with Crippen molar-refractivity contribution in [1.82, 2.24) is 24.8 Å². The highest BCUT2D eigenvalue weighted by molar-refractivity contribution is 5.78. The molecule has 1 aliphatic heterocycles. The van der Waals surface area contributed by atoms with E-state index < -0.39 is 0 Å². The highest BCUT2D eigenvalue weighted by Crippen LogP contribution is 2.17. The standard InChI is InChI=1S/C25H31N5O2/c1-19-8-10-21(11-9-19)25-26-23(32-27-25)17-29-12-14-30(15-13-29)18-24(31)28(3)16-22-7-5-4-6-20(22)2/h4-11H,12-18H2,1-3H3. The molecule has 1 fully saturated rings. The predicted octanol–water partition coefficient (Wildman–Crippen LogP) is 3.13. The molecular weight excluding hydrogens is 402 g/mol. The highest BCUT2D eigenvalue weighted by Gasteiger charge is 2.22. The van der Waals surface area contributed by atoms with Crippen LogP contribution in [0.2, 0.25) is 0 Å². The molecule has 3 aromatic rings. The number of hydrogen-bond acceptors (Lipinski definition) is 6. The summed E-state index contributed by atoms with van der Waals surface area (Å²) < 4.78 is 5.46. The van der Waals surface area contributed by atoms with Crippen molar-refractivity contribution in [1.29, 1.82) is 0 Å². The third-order valence-electron chi connectivity index (χ3n) is 6.06. The molecule has 1 saturated heterocycles. The van der Waals surface area contributed by atoms with E-state index in [0.717, 1.165) is 31.7 Å². The lowest BCUT2D eigenvalue weighted by Crippen LogP contribution is -2.49. The van der Waals surface area contributed by atoms with Gasteiger partial charge in [-0.05, 0) is 25.0 Å². The molecule has 1 aromatic heterocycles. The molecule has 168 valence electrons. The molecule has 0 unspecified atom stereocenters. The van der Waals surface area contributed by atoms with Gasteiger partial charge in [0.05, 0.1) is 13.1 Å². The van der Waals surface area contributed by atoms with Gasteiger partial charge in [0.25, 0.3) is 0 Å². The molecule has 32 heavy (non-hydrogen) atoms. The van der Waals surface area contributed by atoms with E-state index in [1.165, 1.54) is 16.7 Å². The summed E-state index contributed by atoms with van der Waals surface area (Å²) in [6, 6.07) is 16.3. The van der Waals surface area contributed by atoms with Gasteiger partial charge < -0.3 is 9.42 Å². The molecule has 0 bridgehead atoms. The fourth-order valence-corrected chi connectivity index (χ4v) is 3.88. The summed E-state index contributed by atoms with van der Waals surface area (Å²) in [5.41, 5.74) is 4.57. The Morgan fingerprint density at radius 1 is 1.00 bits per heavy atom. The van der Waals surface area contributed by atoms with Crippen molar-refractivity contribution in [2.45, 2.75) is 26.9 Å². The van der Waals surface area contributed by atoms with Crippen LogP contribution in [0.4, 0.5) is 0 Å². The van der Waals surface area contributed by atoms with Crippen molar-refractivity contribution in [2.75, 3.05) is 39.8 Å². The zero-order valence-electron chi connectivity index (χ0n) is 19.1. The second kappa shape index (κ2) is 10.1. The van der Waals surface area contributed by atoms with Gasteiger partial charge in [-0.2, -0.15) is 4.98 Å². The van der Waals surface area contributed by atoms with E-state index in [2.05, 4.69) is 45.9 Å². The van der Waals surface area contributed by atoms with Crippen molar-refractivity contribution in [2.24, 2.45) is 0 Å². The number of carbonyl (C=O) groups excluding carboxylic acids is 1. The second-order valence-corrected chi connectivity index (χ2v) is 8.61. The second-order valence-electron chi connectivity index (χ2n) is 8.61. The Bertz CT molecular complexity index is 1040. The Morgan fingerprint density at radius 3 is 2.41 bits per heavy atom. The minimum absolute atomic E-state index is 0.154. The average molecular weight is 434 g/mol. The number of nitrogens with zero attached hydrogens (tertiary/aromatic N) is 5. The van der Waals surface area contributed by atoms with E-state index in [-0.39, 0.29) is 5.91 Å². The summed E-state index contributed by atoms with van der Waals surface area (Å²) in [7, 11) is 1.88. The molecule has 0 atom stereocenters. The minimum atomic E-state index is 0.154. The monoisotopic (exact) mass is 433 g/mol. The van der Waals surface area contributed by atoms with Gasteiger partial charge >= 0.3 is 0 Å². The Morgan fingerprint density at radius 2 is 1.69 bits per heavy atom. The first-order chi connectivity index (χ1) is 15.5. The van der Waals surface area contributed by atoms with Crippen LogP contribution < -0.4 is 0 Å². The fraction of sp³-hybridized carbons (Fsp3) is 0.400. The quantitative estimate of drug-likeness (QED) is 0.570. The molecule has 2 heterocycles. The maximum Gasteiger partial charge on any atom is 0.241 e. The fourth-order valence-electron chi connectivity index (χ4n) is 3.88. The molecule has 1 amide bonds. The van der Waals surface area contributed by atoms with E-state index in [9.17, 15) is 4.79 Å². The molecule has 0 saturated carbocycles. The highest BCUT2D eigenvalue weighted by atomic mass is 16.5. The molecule has 7 nitrogen and oxygen atoms in total. The van der Waals surface area contributed by atoms with Crippen LogP contribution in [0.5, 0.6) is 0 Å². The first kappa shape index (κ1) is 22.2. The number of aromatic nitrogens is 2. The summed E-state index contributed by atoms with van der Waals surface area (Å²) in [6.45, 7) is 9.31. The lowest BCUT2D eigenvalue weighted by Gasteiger charge is -2.34. The number of benzene rings is 2. The largest absolute Gasteiger partial charge is 0.340 e. The summed E-state index contributed by atoms with van der Waals surface area (Å²) in [5, 5.41) is 4.12. The summed E-state index contributed by atoms with van der Waals surface area (Å²) in [4.78, 5) is 23.6. The maximum absolute atomic E-state index is 12.7. The Kier molecular flexibility index (Phi) is 6.97. The minimum Gasteiger partial charge on any atom is -0.340 e. The van der Waals surface area contributed by atoms with E-state index in [0.29, 0.717) is 31.3 Å². The zero-order chi connectivity index (χ0) is 22.5. The third-order valence-corrected chi connectivity index (χ3v) is 6.06. The van der Waals surface area contributed by atoms with E-state index >= 15 is 0 Å². The molecule has 2 aromatic carbocycles. The average Bonchev–Trinajstić information content (AvgIpc) is 3.25. The van der Waals surface area contributed by atoms with E-state index in [1.807, 2.05) is 48.3 Å². The van der Waals surface area contributed by atoms with Crippen LogP contribution in [0.1, 0.15) is 22.6 Å². The van der Waals surface area contributed by atoms with Crippen molar-refractivity contribution in [3.05, 3.63) is 71.1 Å². The van der Waals surface area contributed by atoms with E-state index in [4.69, 9.17) is 4.52 Å². The maximum atomic E-state index is 12.7. The number of likely N-dealkylation sites (N-methyl/N-ethyl adjacent to an activating group) is 1. The SMILES string of the molecule is Cc1ccc(-c2noc(CN3CCN(CC(=O)N(C)Cc4ccccc4C)CC3)n2)cc1. The van der Waals surface area contributed by atoms with Gasteiger partial charge in [0, 0.05) is 45.3 Å². The molecule has 0 N–H and O–H groups in total. The Labute approximate surface area is 189 Å². The van der Waals surface area contributed by atoms with Gasteiger partial charge in [-0.1, -0.05) is 59.3 Å². The van der Waals surface area contributed by atoms with E-state index in [1.54, 1.807) is 0 Å². The number of amides is 1. The van der Waals surface area contributed by atoms with Gasteiger partial charge in [-0.25, -0.2) is 0 Å². The lowest BCUT2D eigenvalue weighted by molar-refractivity contribution is -0.132. The first-order valence-corrected chi connectivity index (χ1v) is 11.1. The molecule has 0 aliphatic carbocycles. The van der Waals surface area contributed by atoms with Crippen molar-refractivity contribution in [3.63, 3.8) is 0 Å². The summed E-state index contributed by atoms with van der Waals surface area (Å²) in [5.74, 6) is 1.41. The molecule has 1 aliphatic rings. The number of hydrogen-bond donors (Lipinski definition) is 0. The van der Waals surface area contributed by atoms with Crippen LogP contribution in [-0.2, 0) is 17.9 Å². The smallest absolute Gasteiger partial charge is 0.241 e. The lowest BCUT2D eigenvalue weighted by atomic mass is 10.1. The van der Waals surface area contributed by atoms with Crippen LogP contribution in [0.3, 0.4) is 0 Å². The number of rotatable bonds is 7. The van der Waals surface area contributed by atoms with Crippen LogP contribution in [0.15, 0.2) is 53.1 Å². The molecule has 4 rings (SSSR count). The zero-order valence-corrected chi connectivity index (χ0v) is 19.1. The first-order valence-electron chi connectivity index (χ1n) is 11.1. The van der Waals surface area contributed by atoms with Crippen LogP contribution in [0.25, 0.3) is 11.4 Å². The molecular formula is C25H31N5O2. The van der Waals surface area contributed by atoms with Crippen molar-refractivity contribution >= 4 is 5.91 Å². The van der Waals surface area contributed by atoms with Crippen LogP contribution >= 0.6 is 0 Å². The third kappa shape index (κ3) is 5.60. The predicted molar refractivity (Wildman–Crippen MR) is 124 cm³/mol. The van der Waals surface area contributed by atoms with Crippen LogP contribution in [-0.4, -0.2) is 70.5 Å². The van der Waals surface area contributed by atoms with Crippen molar-refractivity contribution < 1.29 is 9.32 Å². The van der Waals surface area contributed by atoms with Gasteiger partial charge in [0.15, 0.2) is 0 Å². The molecule has 7 heteroatoms. The summed E-state index contributed by atoms with van der Waals surface area (Å²) in [6.07, 6.45) is 0. The number of carbonyl (C=O) groups is 1. The Hall–Kier alpha value is -3.03. The number of aryl methyl sites for hydroxylation is 2. The van der Waals surface area contributed by atoms with Gasteiger partial charge in [0.1, 0.15) is 0 Å². The summed E-state index contributed by atoms with van der Waals surface area (Å²) >= 11 is 0. The number of piperazine rings is 1. The Balaban J connectivity index is 1.23. The van der Waals surface area contributed by atoms with Gasteiger partial charge in [0.2, 0.25) is 17.6 Å². The topological polar surface area (TPSA) is 65.7 Å². The van der Waals surface area contributed by atoms with Crippen LogP contribution in [0, 0.1) is 13.8 Å². The van der Waals surface area contributed by atoms with Crippen molar-refractivity contribution in [3.8, 4) is 11.4 Å². The molecule has 0 spiro atoms. The normalized spacial score (nSPS) is 15.1. The molecule has 0 radical (unpaired) electrons.